The first kappa shape index (κ1) is 27.1. The predicted molar refractivity (Wildman–Crippen MR) is 154 cm³/mol. The monoisotopic (exact) mass is 565 g/mol. The number of ether oxygens (including phenoxy) is 3. The summed E-state index contributed by atoms with van der Waals surface area (Å²) in [5.41, 5.74) is 2.78. The highest BCUT2D eigenvalue weighted by atomic mass is 35.5. The van der Waals surface area contributed by atoms with E-state index >= 15 is 0 Å². The van der Waals surface area contributed by atoms with Gasteiger partial charge in [0, 0.05) is 49.5 Å². The first-order valence-electron chi connectivity index (χ1n) is 12.7. The number of nitrogens with zero attached hydrogens (tertiary/aromatic N) is 3. The molecule has 39 heavy (non-hydrogen) atoms. The van der Waals surface area contributed by atoms with Crippen LogP contribution in [0.2, 0.25) is 10.0 Å². The molecule has 7 nitrogen and oxygen atoms in total. The van der Waals surface area contributed by atoms with Crippen LogP contribution in [0.25, 0.3) is 10.9 Å². The molecule has 0 aliphatic carbocycles. The molecule has 202 valence electrons. The van der Waals surface area contributed by atoms with Crippen molar-refractivity contribution in [2.24, 2.45) is 0 Å². The molecule has 1 fully saturated rings. The number of piperazine rings is 1. The number of benzene rings is 3. The van der Waals surface area contributed by atoms with E-state index in [0.717, 1.165) is 37.5 Å². The van der Waals surface area contributed by atoms with Crippen molar-refractivity contribution in [2.75, 3.05) is 51.3 Å². The van der Waals surface area contributed by atoms with Crippen molar-refractivity contribution >= 4 is 45.8 Å². The molecule has 0 radical (unpaired) electrons. The Balaban J connectivity index is 1.20. The molecular formula is C30H29Cl2N3O4. The summed E-state index contributed by atoms with van der Waals surface area (Å²) in [6.45, 7) is 4.78. The summed E-state index contributed by atoms with van der Waals surface area (Å²) in [5, 5.41) is 1.43. The lowest BCUT2D eigenvalue weighted by Gasteiger charge is -2.36. The number of hydrogen-bond donors (Lipinski definition) is 0. The summed E-state index contributed by atoms with van der Waals surface area (Å²) in [7, 11) is 1.67. The van der Waals surface area contributed by atoms with Gasteiger partial charge in [-0.05, 0) is 42.0 Å². The molecule has 5 rings (SSSR count). The molecule has 0 unspecified atom stereocenters. The standard InChI is InChI=1S/C30H29Cl2N3O4/c1-37-24-9-7-23(8-10-24)35-13-11-34(12-14-35)15-16-38-30(36)27-19-28(39-20-21-5-3-2-4-6-21)29-25(32)17-22(31)18-26(29)33-27/h2-10,17-19H,11-16,20H2,1H3. The minimum Gasteiger partial charge on any atom is -0.497 e. The number of esters is 1. The molecule has 0 spiro atoms. The Kier molecular flexibility index (Phi) is 8.71. The summed E-state index contributed by atoms with van der Waals surface area (Å²) >= 11 is 12.7. The van der Waals surface area contributed by atoms with E-state index in [1.807, 2.05) is 42.5 Å². The van der Waals surface area contributed by atoms with Crippen molar-refractivity contribution in [3.63, 3.8) is 0 Å². The molecule has 0 saturated carbocycles. The number of carbonyl (C=O) groups excluding carboxylic acids is 1. The molecule has 3 aromatic carbocycles. The second kappa shape index (κ2) is 12.6. The van der Waals surface area contributed by atoms with E-state index < -0.39 is 5.97 Å². The van der Waals surface area contributed by atoms with Crippen LogP contribution in [0.15, 0.2) is 72.8 Å². The van der Waals surface area contributed by atoms with Crippen molar-refractivity contribution in [1.82, 2.24) is 9.88 Å². The Morgan fingerprint density at radius 3 is 2.41 bits per heavy atom. The lowest BCUT2D eigenvalue weighted by Crippen LogP contribution is -2.47. The van der Waals surface area contributed by atoms with Gasteiger partial charge in [-0.25, -0.2) is 9.78 Å². The van der Waals surface area contributed by atoms with Crippen LogP contribution in [0.4, 0.5) is 5.69 Å². The predicted octanol–water partition coefficient (Wildman–Crippen LogP) is 6.11. The van der Waals surface area contributed by atoms with Crippen molar-refractivity contribution in [1.29, 1.82) is 0 Å². The maximum Gasteiger partial charge on any atom is 0.357 e. The van der Waals surface area contributed by atoms with Gasteiger partial charge in [-0.15, -0.1) is 0 Å². The van der Waals surface area contributed by atoms with Gasteiger partial charge >= 0.3 is 5.97 Å². The van der Waals surface area contributed by atoms with E-state index in [2.05, 4.69) is 26.9 Å². The summed E-state index contributed by atoms with van der Waals surface area (Å²) < 4.78 is 16.9. The quantitative estimate of drug-likeness (QED) is 0.227. The van der Waals surface area contributed by atoms with Crippen LogP contribution in [0.3, 0.4) is 0 Å². The Hall–Kier alpha value is -3.52. The summed E-state index contributed by atoms with van der Waals surface area (Å²) in [6, 6.07) is 22.7. The Morgan fingerprint density at radius 2 is 1.69 bits per heavy atom. The molecule has 0 amide bonds. The number of pyridine rings is 1. The molecule has 9 heteroatoms. The lowest BCUT2D eigenvalue weighted by molar-refractivity contribution is 0.0452. The van der Waals surface area contributed by atoms with Gasteiger partial charge in [-0.1, -0.05) is 53.5 Å². The number of methoxy groups -OCH3 is 1. The highest BCUT2D eigenvalue weighted by molar-refractivity contribution is 6.39. The minimum atomic E-state index is -0.519. The molecule has 1 saturated heterocycles. The van der Waals surface area contributed by atoms with E-state index in [4.69, 9.17) is 37.4 Å². The SMILES string of the molecule is COc1ccc(N2CCN(CCOC(=O)c3cc(OCc4ccccc4)c4c(Cl)cc(Cl)cc4n3)CC2)cc1. The van der Waals surface area contributed by atoms with Crippen LogP contribution in [0.5, 0.6) is 11.5 Å². The molecule has 2 heterocycles. The van der Waals surface area contributed by atoms with E-state index in [-0.39, 0.29) is 12.3 Å². The van der Waals surface area contributed by atoms with Crippen LogP contribution >= 0.6 is 23.2 Å². The molecule has 0 atom stereocenters. The van der Waals surface area contributed by atoms with E-state index in [1.54, 1.807) is 25.3 Å². The number of carbonyl (C=O) groups is 1. The van der Waals surface area contributed by atoms with Gasteiger partial charge in [-0.2, -0.15) is 0 Å². The maximum atomic E-state index is 13.0. The summed E-state index contributed by atoms with van der Waals surface area (Å²) in [5.74, 6) is 0.780. The highest BCUT2D eigenvalue weighted by Gasteiger charge is 2.20. The highest BCUT2D eigenvalue weighted by Crippen LogP contribution is 2.35. The number of halogens is 2. The van der Waals surface area contributed by atoms with Crippen LogP contribution in [-0.4, -0.2) is 62.3 Å². The van der Waals surface area contributed by atoms with Crippen molar-refractivity contribution < 1.29 is 19.0 Å². The van der Waals surface area contributed by atoms with Gasteiger partial charge in [-0.3, -0.25) is 4.90 Å². The minimum absolute atomic E-state index is 0.147. The van der Waals surface area contributed by atoms with Gasteiger partial charge in [0.15, 0.2) is 5.69 Å². The van der Waals surface area contributed by atoms with Gasteiger partial charge in [0.25, 0.3) is 0 Å². The lowest BCUT2D eigenvalue weighted by atomic mass is 10.1. The third kappa shape index (κ3) is 6.74. The fourth-order valence-corrected chi connectivity index (χ4v) is 5.14. The van der Waals surface area contributed by atoms with Gasteiger partial charge in [0.2, 0.25) is 0 Å². The van der Waals surface area contributed by atoms with Crippen molar-refractivity contribution in [3.8, 4) is 11.5 Å². The van der Waals surface area contributed by atoms with Crippen LogP contribution in [0.1, 0.15) is 16.1 Å². The molecule has 1 aromatic heterocycles. The normalized spacial score (nSPS) is 13.9. The molecule has 0 N–H and O–H groups in total. The Morgan fingerprint density at radius 1 is 0.949 bits per heavy atom. The van der Waals surface area contributed by atoms with E-state index in [0.29, 0.717) is 39.8 Å². The fourth-order valence-electron chi connectivity index (χ4n) is 4.57. The summed E-state index contributed by atoms with van der Waals surface area (Å²) in [4.78, 5) is 22.1. The van der Waals surface area contributed by atoms with E-state index in [9.17, 15) is 4.79 Å². The zero-order valence-corrected chi connectivity index (χ0v) is 23.1. The molecule has 1 aliphatic rings. The number of anilines is 1. The number of rotatable bonds is 9. The average molecular weight is 566 g/mol. The Bertz CT molecular complexity index is 1430. The topological polar surface area (TPSA) is 64.1 Å². The zero-order valence-electron chi connectivity index (χ0n) is 21.6. The maximum absolute atomic E-state index is 13.0. The number of aromatic nitrogens is 1. The Labute approximate surface area is 237 Å². The smallest absolute Gasteiger partial charge is 0.357 e. The van der Waals surface area contributed by atoms with Gasteiger partial charge in [0.05, 0.1) is 23.0 Å². The molecule has 1 aliphatic heterocycles. The number of fused-ring (bicyclic) bond motifs is 1. The fraction of sp³-hybridized carbons (Fsp3) is 0.267. The average Bonchev–Trinajstić information content (AvgIpc) is 2.96. The number of hydrogen-bond acceptors (Lipinski definition) is 7. The van der Waals surface area contributed by atoms with Gasteiger partial charge < -0.3 is 19.1 Å². The molecule has 4 aromatic rings. The zero-order chi connectivity index (χ0) is 27.2. The molecule has 0 bridgehead atoms. The summed E-state index contributed by atoms with van der Waals surface area (Å²) in [6.07, 6.45) is 0. The van der Waals surface area contributed by atoms with E-state index in [1.165, 1.54) is 5.69 Å². The van der Waals surface area contributed by atoms with Gasteiger partial charge in [0.1, 0.15) is 24.7 Å². The first-order chi connectivity index (χ1) is 19.0. The third-order valence-electron chi connectivity index (χ3n) is 6.69. The van der Waals surface area contributed by atoms with Crippen LogP contribution < -0.4 is 14.4 Å². The third-order valence-corrected chi connectivity index (χ3v) is 7.20. The van der Waals surface area contributed by atoms with Crippen LogP contribution in [-0.2, 0) is 11.3 Å². The van der Waals surface area contributed by atoms with Crippen molar-refractivity contribution in [2.45, 2.75) is 6.61 Å². The largest absolute Gasteiger partial charge is 0.497 e. The van der Waals surface area contributed by atoms with Crippen LogP contribution in [0, 0.1) is 0 Å². The molecular weight excluding hydrogens is 537 g/mol. The first-order valence-corrected chi connectivity index (χ1v) is 13.5. The second-order valence-corrected chi connectivity index (χ2v) is 10.1. The second-order valence-electron chi connectivity index (χ2n) is 9.22. The van der Waals surface area contributed by atoms with Crippen molar-refractivity contribution in [3.05, 3.63) is 94.1 Å².